The van der Waals surface area contributed by atoms with Crippen LogP contribution in [-0.2, 0) is 9.59 Å². The molecule has 1 aliphatic rings. The van der Waals surface area contributed by atoms with Gasteiger partial charge in [0.25, 0.3) is 5.91 Å². The molecular formula is C26H33N3O3S. The van der Waals surface area contributed by atoms with Crippen LogP contribution < -0.4 is 10.6 Å². The third kappa shape index (κ3) is 6.84. The molecule has 6 nitrogen and oxygen atoms in total. The first-order chi connectivity index (χ1) is 15.9. The maximum absolute atomic E-state index is 13.1. The summed E-state index contributed by atoms with van der Waals surface area (Å²) in [6.45, 7) is 3.69. The van der Waals surface area contributed by atoms with Crippen molar-refractivity contribution in [3.8, 4) is 0 Å². The standard InChI is InChI=1S/C26H33N3O3S/c1-4-24(30)27-19-15-14-18(2)22(16-19)28-26(32)21-12-8-9-13-23(21)33-17-25(31)29(3)20-10-6-5-7-11-20/h8-9,12-16,20H,4-7,10-11,17H2,1-3H3,(H,27,30)(H,28,32). The number of anilines is 2. The first-order valence-corrected chi connectivity index (χ1v) is 12.6. The van der Waals surface area contributed by atoms with Crippen LogP contribution in [0.2, 0.25) is 0 Å². The van der Waals surface area contributed by atoms with E-state index in [4.69, 9.17) is 0 Å². The number of nitrogens with zero attached hydrogens (tertiary/aromatic N) is 1. The van der Waals surface area contributed by atoms with Crippen molar-refractivity contribution < 1.29 is 14.4 Å². The van der Waals surface area contributed by atoms with Crippen LogP contribution in [0, 0.1) is 6.92 Å². The second-order valence-corrected chi connectivity index (χ2v) is 9.48. The van der Waals surface area contributed by atoms with Gasteiger partial charge in [-0.3, -0.25) is 14.4 Å². The molecule has 0 bridgehead atoms. The normalized spacial score (nSPS) is 13.9. The summed E-state index contributed by atoms with van der Waals surface area (Å²) >= 11 is 1.40. The van der Waals surface area contributed by atoms with Crippen LogP contribution in [0.25, 0.3) is 0 Å². The van der Waals surface area contributed by atoms with Crippen LogP contribution in [0.15, 0.2) is 47.4 Å². The number of amides is 3. The lowest BCUT2D eigenvalue weighted by atomic mass is 9.94. The number of thioether (sulfide) groups is 1. The summed E-state index contributed by atoms with van der Waals surface area (Å²) in [5.74, 6) is 0.0702. The average Bonchev–Trinajstić information content (AvgIpc) is 2.84. The van der Waals surface area contributed by atoms with E-state index in [1.807, 2.05) is 49.2 Å². The quantitative estimate of drug-likeness (QED) is 0.504. The van der Waals surface area contributed by atoms with Crippen LogP contribution in [0.3, 0.4) is 0 Å². The van der Waals surface area contributed by atoms with Crippen molar-refractivity contribution in [1.29, 1.82) is 0 Å². The molecular weight excluding hydrogens is 434 g/mol. The minimum absolute atomic E-state index is 0.0827. The Kier molecular flexibility index (Phi) is 8.95. The van der Waals surface area contributed by atoms with Crippen molar-refractivity contribution in [1.82, 2.24) is 4.90 Å². The van der Waals surface area contributed by atoms with Crippen molar-refractivity contribution in [3.05, 3.63) is 53.6 Å². The molecule has 1 saturated carbocycles. The van der Waals surface area contributed by atoms with Crippen molar-refractivity contribution in [3.63, 3.8) is 0 Å². The Bertz CT molecular complexity index is 1000. The van der Waals surface area contributed by atoms with Gasteiger partial charge in [0.1, 0.15) is 0 Å². The van der Waals surface area contributed by atoms with E-state index in [9.17, 15) is 14.4 Å². The lowest BCUT2D eigenvalue weighted by Gasteiger charge is -2.31. The van der Waals surface area contributed by atoms with Gasteiger partial charge in [0.05, 0.1) is 11.3 Å². The molecule has 0 radical (unpaired) electrons. The van der Waals surface area contributed by atoms with E-state index in [2.05, 4.69) is 10.6 Å². The molecule has 2 N–H and O–H groups in total. The summed E-state index contributed by atoms with van der Waals surface area (Å²) < 4.78 is 0. The lowest BCUT2D eigenvalue weighted by Crippen LogP contribution is -2.39. The van der Waals surface area contributed by atoms with Crippen LogP contribution in [-0.4, -0.2) is 41.5 Å². The molecule has 2 aromatic rings. The lowest BCUT2D eigenvalue weighted by molar-refractivity contribution is -0.129. The molecule has 0 aromatic heterocycles. The highest BCUT2D eigenvalue weighted by Gasteiger charge is 2.22. The number of carbonyl (C=O) groups excluding carboxylic acids is 3. The maximum Gasteiger partial charge on any atom is 0.256 e. The van der Waals surface area contributed by atoms with E-state index >= 15 is 0 Å². The number of hydrogen-bond acceptors (Lipinski definition) is 4. The van der Waals surface area contributed by atoms with E-state index in [0.29, 0.717) is 35.2 Å². The summed E-state index contributed by atoms with van der Waals surface area (Å²) in [6, 6.07) is 13.1. The van der Waals surface area contributed by atoms with Crippen LogP contribution in [0.1, 0.15) is 61.4 Å². The molecule has 3 rings (SSSR count). The number of rotatable bonds is 8. The molecule has 0 atom stereocenters. The zero-order valence-corrected chi connectivity index (χ0v) is 20.5. The minimum atomic E-state index is -0.242. The van der Waals surface area contributed by atoms with Gasteiger partial charge in [-0.25, -0.2) is 0 Å². The van der Waals surface area contributed by atoms with E-state index in [-0.39, 0.29) is 17.7 Å². The van der Waals surface area contributed by atoms with Crippen LogP contribution in [0.4, 0.5) is 11.4 Å². The SMILES string of the molecule is CCC(=O)Nc1ccc(C)c(NC(=O)c2ccccc2SCC(=O)N(C)C2CCCCC2)c1. The molecule has 1 fully saturated rings. The molecule has 1 aliphatic carbocycles. The van der Waals surface area contributed by atoms with E-state index in [1.54, 1.807) is 19.1 Å². The monoisotopic (exact) mass is 467 g/mol. The van der Waals surface area contributed by atoms with Crippen molar-refractivity contribution in [2.75, 3.05) is 23.4 Å². The zero-order valence-electron chi connectivity index (χ0n) is 19.6. The van der Waals surface area contributed by atoms with Gasteiger partial charge in [-0.1, -0.05) is 44.4 Å². The van der Waals surface area contributed by atoms with Crippen molar-refractivity contribution >= 4 is 40.9 Å². The van der Waals surface area contributed by atoms with Gasteiger partial charge >= 0.3 is 0 Å². The number of hydrogen-bond donors (Lipinski definition) is 2. The summed E-state index contributed by atoms with van der Waals surface area (Å²) in [4.78, 5) is 40.2. The molecule has 176 valence electrons. The van der Waals surface area contributed by atoms with Gasteiger partial charge in [0, 0.05) is 35.8 Å². The van der Waals surface area contributed by atoms with Crippen molar-refractivity contribution in [2.45, 2.75) is 63.3 Å². The summed E-state index contributed by atoms with van der Waals surface area (Å²) in [6.07, 6.45) is 6.15. The summed E-state index contributed by atoms with van der Waals surface area (Å²) in [5, 5.41) is 5.78. The molecule has 2 aromatic carbocycles. The smallest absolute Gasteiger partial charge is 0.256 e. The molecule has 3 amide bonds. The Labute approximate surface area is 200 Å². The van der Waals surface area contributed by atoms with E-state index in [1.165, 1.54) is 31.0 Å². The third-order valence-corrected chi connectivity index (χ3v) is 7.15. The zero-order chi connectivity index (χ0) is 23.8. The molecule has 0 spiro atoms. The van der Waals surface area contributed by atoms with Gasteiger partial charge in [-0.05, 0) is 49.6 Å². The van der Waals surface area contributed by atoms with Gasteiger partial charge in [0.2, 0.25) is 11.8 Å². The fourth-order valence-electron chi connectivity index (χ4n) is 3.97. The minimum Gasteiger partial charge on any atom is -0.342 e. The van der Waals surface area contributed by atoms with Crippen LogP contribution >= 0.6 is 11.8 Å². The fraction of sp³-hybridized carbons (Fsp3) is 0.423. The van der Waals surface area contributed by atoms with E-state index in [0.717, 1.165) is 23.3 Å². The predicted molar refractivity (Wildman–Crippen MR) is 135 cm³/mol. The Balaban J connectivity index is 1.67. The molecule has 0 unspecified atom stereocenters. The first-order valence-electron chi connectivity index (χ1n) is 11.6. The highest BCUT2D eigenvalue weighted by atomic mass is 32.2. The summed E-state index contributed by atoms with van der Waals surface area (Å²) in [7, 11) is 1.89. The number of carbonyl (C=O) groups is 3. The van der Waals surface area contributed by atoms with Gasteiger partial charge in [-0.2, -0.15) is 0 Å². The first kappa shape index (κ1) is 24.8. The molecule has 33 heavy (non-hydrogen) atoms. The third-order valence-electron chi connectivity index (χ3n) is 6.09. The molecule has 0 aliphatic heterocycles. The number of nitrogens with one attached hydrogen (secondary N) is 2. The average molecular weight is 468 g/mol. The second kappa shape index (κ2) is 11.9. The molecule has 0 heterocycles. The van der Waals surface area contributed by atoms with Crippen molar-refractivity contribution in [2.24, 2.45) is 0 Å². The largest absolute Gasteiger partial charge is 0.342 e. The fourth-order valence-corrected chi connectivity index (χ4v) is 4.94. The Morgan fingerprint density at radius 2 is 1.76 bits per heavy atom. The highest BCUT2D eigenvalue weighted by molar-refractivity contribution is 8.00. The Morgan fingerprint density at radius 1 is 1.03 bits per heavy atom. The number of benzene rings is 2. The molecule has 7 heteroatoms. The van der Waals surface area contributed by atoms with Gasteiger partial charge in [0.15, 0.2) is 0 Å². The van der Waals surface area contributed by atoms with Gasteiger partial charge in [-0.15, -0.1) is 11.8 Å². The van der Waals surface area contributed by atoms with Gasteiger partial charge < -0.3 is 15.5 Å². The van der Waals surface area contributed by atoms with Crippen LogP contribution in [0.5, 0.6) is 0 Å². The second-order valence-electron chi connectivity index (χ2n) is 8.47. The maximum atomic E-state index is 13.1. The Morgan fingerprint density at radius 3 is 2.48 bits per heavy atom. The Hall–Kier alpha value is -2.80. The molecule has 0 saturated heterocycles. The van der Waals surface area contributed by atoms with E-state index < -0.39 is 0 Å². The topological polar surface area (TPSA) is 78.5 Å². The number of aryl methyl sites for hydroxylation is 1. The highest BCUT2D eigenvalue weighted by Crippen LogP contribution is 2.27. The summed E-state index contributed by atoms with van der Waals surface area (Å²) in [5.41, 5.74) is 2.70. The predicted octanol–water partition coefficient (Wildman–Crippen LogP) is 5.48.